The van der Waals surface area contributed by atoms with Crippen molar-refractivity contribution in [2.45, 2.75) is 31.7 Å². The first-order valence-electron chi connectivity index (χ1n) is 8.45. The molecule has 1 atom stereocenters. The van der Waals surface area contributed by atoms with Crippen LogP contribution in [0.1, 0.15) is 25.7 Å². The Kier molecular flexibility index (Phi) is 8.47. The molecular weight excluding hydrogens is 365 g/mol. The zero-order chi connectivity index (χ0) is 16.3. The Balaban J connectivity index is 0.00000156. The van der Waals surface area contributed by atoms with Crippen LogP contribution in [0.25, 0.3) is 0 Å². The van der Waals surface area contributed by atoms with Gasteiger partial charge < -0.3 is 20.7 Å². The molecule has 25 heavy (non-hydrogen) atoms. The van der Waals surface area contributed by atoms with E-state index in [1.54, 1.807) is 0 Å². The van der Waals surface area contributed by atoms with Crippen molar-refractivity contribution in [1.82, 2.24) is 15.1 Å². The summed E-state index contributed by atoms with van der Waals surface area (Å²) in [7, 11) is 1.92. The van der Waals surface area contributed by atoms with Crippen LogP contribution in [0.15, 0.2) is 12.4 Å². The van der Waals surface area contributed by atoms with Gasteiger partial charge in [0.05, 0.1) is 17.3 Å². The number of aryl methyl sites for hydroxylation is 1. The van der Waals surface area contributed by atoms with E-state index in [9.17, 15) is 4.79 Å². The maximum absolute atomic E-state index is 12.8. The highest BCUT2D eigenvalue weighted by Gasteiger charge is 2.39. The molecule has 1 aromatic rings. The van der Waals surface area contributed by atoms with Gasteiger partial charge in [0.1, 0.15) is 0 Å². The average Bonchev–Trinajstić information content (AvgIpc) is 3.02. The summed E-state index contributed by atoms with van der Waals surface area (Å²) in [6.07, 6.45) is 7.41. The average molecular weight is 394 g/mol. The Morgan fingerprint density at radius 2 is 2.16 bits per heavy atom. The Labute approximate surface area is 161 Å². The number of nitrogens with two attached hydrogens (primary N) is 1. The minimum absolute atomic E-state index is 0. The van der Waals surface area contributed by atoms with Gasteiger partial charge in [0.15, 0.2) is 0 Å². The van der Waals surface area contributed by atoms with E-state index in [2.05, 4.69) is 15.3 Å². The molecular formula is C16H29Cl2N5O2. The van der Waals surface area contributed by atoms with Crippen LogP contribution in [0.5, 0.6) is 0 Å². The van der Waals surface area contributed by atoms with Gasteiger partial charge in [0.2, 0.25) is 5.91 Å². The van der Waals surface area contributed by atoms with E-state index in [0.717, 1.165) is 31.6 Å². The van der Waals surface area contributed by atoms with Gasteiger partial charge in [0.25, 0.3) is 0 Å². The summed E-state index contributed by atoms with van der Waals surface area (Å²) in [6, 6.07) is 0.169. The lowest BCUT2D eigenvalue weighted by atomic mass is 9.79. The van der Waals surface area contributed by atoms with Crippen molar-refractivity contribution in [2.75, 3.05) is 37.7 Å². The van der Waals surface area contributed by atoms with E-state index >= 15 is 0 Å². The van der Waals surface area contributed by atoms with Gasteiger partial charge in [-0.15, -0.1) is 24.8 Å². The molecule has 1 aromatic heterocycles. The number of piperidine rings is 1. The van der Waals surface area contributed by atoms with Crippen LogP contribution in [-0.4, -0.2) is 54.6 Å². The molecule has 2 aliphatic heterocycles. The topological polar surface area (TPSA) is 85.4 Å². The highest BCUT2D eigenvalue weighted by molar-refractivity contribution is 5.85. The van der Waals surface area contributed by atoms with Crippen LogP contribution in [0.2, 0.25) is 0 Å². The monoisotopic (exact) mass is 393 g/mol. The predicted molar refractivity (Wildman–Crippen MR) is 103 cm³/mol. The van der Waals surface area contributed by atoms with E-state index in [1.165, 1.54) is 0 Å². The van der Waals surface area contributed by atoms with E-state index in [-0.39, 0.29) is 36.8 Å². The third-order valence-electron chi connectivity index (χ3n) is 5.14. The number of hydrogen-bond acceptors (Lipinski definition) is 5. The van der Waals surface area contributed by atoms with Gasteiger partial charge in [-0.05, 0) is 25.7 Å². The van der Waals surface area contributed by atoms with Crippen LogP contribution in [-0.2, 0) is 16.6 Å². The second-order valence-corrected chi connectivity index (χ2v) is 6.73. The van der Waals surface area contributed by atoms with Crippen molar-refractivity contribution in [1.29, 1.82) is 0 Å². The van der Waals surface area contributed by atoms with Gasteiger partial charge in [0, 0.05) is 52.1 Å². The highest BCUT2D eigenvalue weighted by atomic mass is 35.5. The third-order valence-corrected chi connectivity index (χ3v) is 5.14. The van der Waals surface area contributed by atoms with Gasteiger partial charge in [-0.25, -0.2) is 0 Å². The maximum Gasteiger partial charge on any atom is 0.227 e. The van der Waals surface area contributed by atoms with Gasteiger partial charge >= 0.3 is 0 Å². The van der Waals surface area contributed by atoms with Crippen molar-refractivity contribution in [2.24, 2.45) is 18.2 Å². The van der Waals surface area contributed by atoms with E-state index in [1.807, 2.05) is 24.1 Å². The second-order valence-electron chi connectivity index (χ2n) is 6.73. The fourth-order valence-electron chi connectivity index (χ4n) is 3.53. The van der Waals surface area contributed by atoms with Crippen LogP contribution in [0.4, 0.5) is 5.69 Å². The number of ether oxygens (including phenoxy) is 1. The molecule has 0 aliphatic carbocycles. The Hall–Kier alpha value is -1.02. The normalized spacial score (nSPS) is 22.5. The molecule has 2 fully saturated rings. The fourth-order valence-corrected chi connectivity index (χ4v) is 3.53. The molecule has 9 heteroatoms. The van der Waals surface area contributed by atoms with Crippen molar-refractivity contribution >= 4 is 36.4 Å². The summed E-state index contributed by atoms with van der Waals surface area (Å²) < 4.78 is 7.20. The Morgan fingerprint density at radius 1 is 1.44 bits per heavy atom. The number of hydrogen-bond donors (Lipinski definition) is 2. The third kappa shape index (κ3) is 5.00. The predicted octanol–water partition coefficient (Wildman–Crippen LogP) is 1.10. The van der Waals surface area contributed by atoms with Gasteiger partial charge in [-0.2, -0.15) is 5.10 Å². The standard InChI is InChI=1S/C16H27N5O2.2ClH/c1-20-11-14(9-18-20)21-6-2-3-13(10-21)19-15(22)16(12-17)4-7-23-8-5-16;;/h9,11,13H,2-8,10,12,17H2,1H3,(H,19,22);2*1H. The first kappa shape index (κ1) is 22.0. The molecule has 3 rings (SSSR count). The fraction of sp³-hybridized carbons (Fsp3) is 0.750. The Bertz CT molecular complexity index is 548. The maximum atomic E-state index is 12.8. The van der Waals surface area contributed by atoms with E-state index < -0.39 is 5.41 Å². The second kappa shape index (κ2) is 9.62. The molecule has 3 N–H and O–H groups in total. The number of rotatable bonds is 4. The number of anilines is 1. The lowest BCUT2D eigenvalue weighted by Gasteiger charge is -2.38. The first-order valence-corrected chi connectivity index (χ1v) is 8.45. The summed E-state index contributed by atoms with van der Waals surface area (Å²) in [5.41, 5.74) is 6.59. The molecule has 0 bridgehead atoms. The molecule has 3 heterocycles. The minimum atomic E-state index is -0.450. The molecule has 0 saturated carbocycles. The zero-order valence-electron chi connectivity index (χ0n) is 14.6. The van der Waals surface area contributed by atoms with E-state index in [0.29, 0.717) is 32.6 Å². The van der Waals surface area contributed by atoms with Crippen LogP contribution in [0, 0.1) is 5.41 Å². The zero-order valence-corrected chi connectivity index (χ0v) is 16.3. The Morgan fingerprint density at radius 3 is 2.76 bits per heavy atom. The highest BCUT2D eigenvalue weighted by Crippen LogP contribution is 2.30. The largest absolute Gasteiger partial charge is 0.381 e. The lowest BCUT2D eigenvalue weighted by molar-refractivity contribution is -0.136. The summed E-state index contributed by atoms with van der Waals surface area (Å²) in [5, 5.41) is 7.48. The number of nitrogens with one attached hydrogen (secondary N) is 1. The summed E-state index contributed by atoms with van der Waals surface area (Å²) in [6.45, 7) is 3.47. The smallest absolute Gasteiger partial charge is 0.227 e. The molecule has 2 aliphatic rings. The van der Waals surface area contributed by atoms with Crippen molar-refractivity contribution in [3.05, 3.63) is 12.4 Å². The number of amides is 1. The number of nitrogens with zero attached hydrogens (tertiary/aromatic N) is 3. The summed E-state index contributed by atoms with van der Waals surface area (Å²) in [4.78, 5) is 15.1. The SMILES string of the molecule is Cl.Cl.Cn1cc(N2CCCC(NC(=O)C3(CN)CCOCC3)C2)cn1. The molecule has 0 spiro atoms. The van der Waals surface area contributed by atoms with Crippen molar-refractivity contribution in [3.8, 4) is 0 Å². The van der Waals surface area contributed by atoms with Crippen molar-refractivity contribution in [3.63, 3.8) is 0 Å². The minimum Gasteiger partial charge on any atom is -0.381 e. The summed E-state index contributed by atoms with van der Waals surface area (Å²) >= 11 is 0. The molecule has 1 amide bonds. The molecule has 7 nitrogen and oxygen atoms in total. The van der Waals surface area contributed by atoms with E-state index in [4.69, 9.17) is 10.5 Å². The molecule has 0 aromatic carbocycles. The van der Waals surface area contributed by atoms with Crippen molar-refractivity contribution < 1.29 is 9.53 Å². The van der Waals surface area contributed by atoms with Crippen LogP contribution < -0.4 is 16.0 Å². The van der Waals surface area contributed by atoms with Crippen LogP contribution in [0.3, 0.4) is 0 Å². The quantitative estimate of drug-likeness (QED) is 0.799. The first-order chi connectivity index (χ1) is 11.1. The molecule has 1 unspecified atom stereocenters. The number of carbonyl (C=O) groups excluding carboxylic acids is 1. The summed E-state index contributed by atoms with van der Waals surface area (Å²) in [5.74, 6) is 0.0985. The molecule has 0 radical (unpaired) electrons. The molecule has 2 saturated heterocycles. The van der Waals surface area contributed by atoms with Crippen LogP contribution >= 0.6 is 24.8 Å². The van der Waals surface area contributed by atoms with Gasteiger partial charge in [-0.3, -0.25) is 9.48 Å². The number of halogens is 2. The molecule has 144 valence electrons. The lowest BCUT2D eigenvalue weighted by Crippen LogP contribution is -2.55. The number of aromatic nitrogens is 2. The van der Waals surface area contributed by atoms with Gasteiger partial charge in [-0.1, -0.05) is 0 Å². The number of carbonyl (C=O) groups is 1.